The summed E-state index contributed by atoms with van der Waals surface area (Å²) < 4.78 is 7.68. The number of hydrogen-bond acceptors (Lipinski definition) is 6. The number of ether oxygens (including phenoxy) is 1. The Kier molecular flexibility index (Phi) is 7.04. The smallest absolute Gasteiger partial charge is 0.301 e. The molecule has 5 rings (SSSR count). The molecule has 4 aromatic rings. The maximum atomic E-state index is 13.5. The van der Waals surface area contributed by atoms with Gasteiger partial charge < -0.3 is 9.84 Å². The maximum absolute atomic E-state index is 13.5. The third-order valence-corrected chi connectivity index (χ3v) is 7.96. The summed E-state index contributed by atoms with van der Waals surface area (Å²) in [5, 5.41) is 11.9. The van der Waals surface area contributed by atoms with E-state index in [9.17, 15) is 14.7 Å². The van der Waals surface area contributed by atoms with Gasteiger partial charge >= 0.3 is 5.91 Å². The molecule has 1 atom stereocenters. The number of aryl methyl sites for hydroxylation is 2. The average Bonchev–Trinajstić information content (AvgIpc) is 3.41. The highest BCUT2D eigenvalue weighted by Crippen LogP contribution is 2.45. The summed E-state index contributed by atoms with van der Waals surface area (Å²) in [6, 6.07) is 17.8. The molecule has 1 saturated heterocycles. The van der Waals surface area contributed by atoms with E-state index in [0.29, 0.717) is 28.6 Å². The Morgan fingerprint density at radius 2 is 1.86 bits per heavy atom. The standard InChI is InChI=1S/C29H25IN2O4S/c1-4-12-36-21-7-5-6-19(15-21)26(33)23-25(18-8-10-20(30)11-9-18)32(28(35)27(23)34)29-31-24-17(3)13-16(2)14-22(24)37-29/h5-11,13-15,25,33H,4,12H2,1-3H3/b26-23+. The third kappa shape index (κ3) is 4.75. The molecule has 2 heterocycles. The Morgan fingerprint density at radius 3 is 2.59 bits per heavy atom. The number of aromatic nitrogens is 1. The quantitative estimate of drug-likeness (QED) is 0.109. The number of thiazole rings is 1. The Morgan fingerprint density at radius 1 is 1.11 bits per heavy atom. The van der Waals surface area contributed by atoms with Crippen LogP contribution in [-0.2, 0) is 9.59 Å². The van der Waals surface area contributed by atoms with Crippen molar-refractivity contribution in [2.75, 3.05) is 11.5 Å². The lowest BCUT2D eigenvalue weighted by molar-refractivity contribution is -0.132. The largest absolute Gasteiger partial charge is 0.507 e. The van der Waals surface area contributed by atoms with Crippen LogP contribution in [0.3, 0.4) is 0 Å². The minimum atomic E-state index is -0.820. The van der Waals surface area contributed by atoms with Crippen molar-refractivity contribution in [2.24, 2.45) is 0 Å². The van der Waals surface area contributed by atoms with E-state index in [4.69, 9.17) is 9.72 Å². The predicted octanol–water partition coefficient (Wildman–Crippen LogP) is 6.93. The normalized spacial score (nSPS) is 17.1. The molecule has 6 nitrogen and oxygen atoms in total. The second kappa shape index (κ2) is 10.3. The molecule has 1 aliphatic rings. The number of Topliss-reactive ketones (excluding diaryl/α,β-unsaturated/α-hetero) is 1. The number of aliphatic hydroxyl groups is 1. The van der Waals surface area contributed by atoms with Gasteiger partial charge in [-0.15, -0.1) is 0 Å². The van der Waals surface area contributed by atoms with Crippen LogP contribution >= 0.6 is 33.9 Å². The van der Waals surface area contributed by atoms with Crippen molar-refractivity contribution in [2.45, 2.75) is 33.2 Å². The molecule has 0 aliphatic carbocycles. The number of aliphatic hydroxyl groups excluding tert-OH is 1. The zero-order valence-electron chi connectivity index (χ0n) is 20.6. The van der Waals surface area contributed by atoms with Gasteiger partial charge in [0.05, 0.1) is 28.4 Å². The fourth-order valence-electron chi connectivity index (χ4n) is 4.56. The van der Waals surface area contributed by atoms with Crippen molar-refractivity contribution < 1.29 is 19.4 Å². The van der Waals surface area contributed by atoms with Crippen molar-refractivity contribution >= 4 is 66.7 Å². The van der Waals surface area contributed by atoms with E-state index in [-0.39, 0.29) is 11.3 Å². The number of ketones is 1. The lowest BCUT2D eigenvalue weighted by Crippen LogP contribution is -2.29. The molecule has 0 saturated carbocycles. The predicted molar refractivity (Wildman–Crippen MR) is 155 cm³/mol. The summed E-state index contributed by atoms with van der Waals surface area (Å²) in [7, 11) is 0. The molecule has 1 aliphatic heterocycles. The van der Waals surface area contributed by atoms with E-state index in [1.165, 1.54) is 16.2 Å². The number of fused-ring (bicyclic) bond motifs is 1. The molecule has 37 heavy (non-hydrogen) atoms. The fourth-order valence-corrected chi connectivity index (χ4v) is 6.09. The van der Waals surface area contributed by atoms with Crippen LogP contribution in [0, 0.1) is 17.4 Å². The lowest BCUT2D eigenvalue weighted by Gasteiger charge is -2.23. The van der Waals surface area contributed by atoms with Gasteiger partial charge in [0, 0.05) is 9.13 Å². The van der Waals surface area contributed by atoms with E-state index in [0.717, 1.165) is 31.3 Å². The topological polar surface area (TPSA) is 79.7 Å². The number of carbonyl (C=O) groups is 2. The molecular weight excluding hydrogens is 599 g/mol. The first-order chi connectivity index (χ1) is 17.8. The van der Waals surface area contributed by atoms with Crippen LogP contribution in [0.1, 0.15) is 41.6 Å². The van der Waals surface area contributed by atoms with Crippen LogP contribution in [0.15, 0.2) is 66.2 Å². The molecule has 188 valence electrons. The summed E-state index contributed by atoms with van der Waals surface area (Å²) in [6.07, 6.45) is 0.843. The summed E-state index contributed by atoms with van der Waals surface area (Å²) in [4.78, 5) is 33.2. The summed E-state index contributed by atoms with van der Waals surface area (Å²) in [5.74, 6) is -1.10. The first-order valence-electron chi connectivity index (χ1n) is 12.0. The molecule has 1 aromatic heterocycles. The van der Waals surface area contributed by atoms with Crippen molar-refractivity contribution in [3.8, 4) is 5.75 Å². The monoisotopic (exact) mass is 624 g/mol. The molecule has 3 aromatic carbocycles. The molecule has 0 spiro atoms. The van der Waals surface area contributed by atoms with E-state index in [2.05, 4.69) is 22.6 Å². The van der Waals surface area contributed by atoms with E-state index < -0.39 is 17.7 Å². The number of halogens is 1. The molecule has 1 fully saturated rings. The van der Waals surface area contributed by atoms with E-state index in [1.807, 2.05) is 57.2 Å². The molecule has 0 bridgehead atoms. The van der Waals surface area contributed by atoms with Gasteiger partial charge in [-0.25, -0.2) is 4.98 Å². The number of rotatable bonds is 6. The molecule has 8 heteroatoms. The zero-order valence-corrected chi connectivity index (χ0v) is 23.6. The zero-order chi connectivity index (χ0) is 26.3. The second-order valence-electron chi connectivity index (χ2n) is 9.02. The van der Waals surface area contributed by atoms with Gasteiger partial charge in [-0.05, 0) is 89.9 Å². The highest BCUT2D eigenvalue weighted by molar-refractivity contribution is 14.1. The number of anilines is 1. The highest BCUT2D eigenvalue weighted by atomic mass is 127. The summed E-state index contributed by atoms with van der Waals surface area (Å²) in [5.41, 5.74) is 4.07. The van der Waals surface area contributed by atoms with Gasteiger partial charge in [0.25, 0.3) is 5.78 Å². The Hall–Kier alpha value is -3.24. The highest BCUT2D eigenvalue weighted by Gasteiger charge is 2.48. The number of benzene rings is 3. The third-order valence-electron chi connectivity index (χ3n) is 6.24. The molecule has 1 amide bonds. The second-order valence-corrected chi connectivity index (χ2v) is 11.3. The average molecular weight is 625 g/mol. The van der Waals surface area contributed by atoms with Crippen LogP contribution in [0.4, 0.5) is 5.13 Å². The van der Waals surface area contributed by atoms with Crippen LogP contribution in [0.25, 0.3) is 16.0 Å². The van der Waals surface area contributed by atoms with Gasteiger partial charge in [0.2, 0.25) is 0 Å². The van der Waals surface area contributed by atoms with Gasteiger partial charge in [0.1, 0.15) is 11.5 Å². The Labute approximate surface area is 232 Å². The minimum Gasteiger partial charge on any atom is -0.507 e. The van der Waals surface area contributed by atoms with Crippen LogP contribution in [0.5, 0.6) is 5.75 Å². The van der Waals surface area contributed by atoms with Crippen molar-refractivity contribution in [3.63, 3.8) is 0 Å². The van der Waals surface area contributed by atoms with Crippen molar-refractivity contribution in [1.82, 2.24) is 4.98 Å². The van der Waals surface area contributed by atoms with Crippen molar-refractivity contribution in [3.05, 3.63) is 92.1 Å². The van der Waals surface area contributed by atoms with Crippen LogP contribution < -0.4 is 9.64 Å². The molecular formula is C29H25IN2O4S. The number of nitrogens with zero attached hydrogens (tertiary/aromatic N) is 2. The number of amides is 1. The Bertz CT molecular complexity index is 1560. The fraction of sp³-hybridized carbons (Fsp3) is 0.207. The summed E-state index contributed by atoms with van der Waals surface area (Å²) in [6.45, 7) is 6.55. The molecule has 1 N–H and O–H groups in total. The minimum absolute atomic E-state index is 0.0333. The van der Waals surface area contributed by atoms with Gasteiger partial charge in [-0.3, -0.25) is 14.5 Å². The van der Waals surface area contributed by atoms with E-state index >= 15 is 0 Å². The van der Waals surface area contributed by atoms with Crippen LogP contribution in [-0.4, -0.2) is 28.4 Å². The maximum Gasteiger partial charge on any atom is 0.301 e. The van der Waals surface area contributed by atoms with Crippen molar-refractivity contribution in [1.29, 1.82) is 0 Å². The first kappa shape index (κ1) is 25.4. The number of carbonyl (C=O) groups excluding carboxylic acids is 2. The lowest BCUT2D eigenvalue weighted by atomic mass is 9.95. The summed E-state index contributed by atoms with van der Waals surface area (Å²) >= 11 is 3.58. The van der Waals surface area contributed by atoms with E-state index in [1.54, 1.807) is 24.3 Å². The SMILES string of the molecule is CCCOc1cccc(/C(O)=C2\C(=O)C(=O)N(c3nc4c(C)cc(C)cc4s3)C2c2ccc(I)cc2)c1. The molecule has 1 unspecified atom stereocenters. The molecule has 0 radical (unpaired) electrons. The van der Waals surface area contributed by atoms with Gasteiger partial charge in [-0.2, -0.15) is 0 Å². The van der Waals surface area contributed by atoms with Crippen LogP contribution in [0.2, 0.25) is 0 Å². The van der Waals surface area contributed by atoms with Gasteiger partial charge in [-0.1, -0.05) is 48.6 Å². The number of hydrogen-bond donors (Lipinski definition) is 1. The van der Waals surface area contributed by atoms with Gasteiger partial charge in [0.15, 0.2) is 5.13 Å². The first-order valence-corrected chi connectivity index (χ1v) is 13.9. The Balaban J connectivity index is 1.69.